The molecule has 0 saturated heterocycles. The Balaban J connectivity index is 0.000000360. The van der Waals surface area contributed by atoms with E-state index >= 15 is 0 Å². The van der Waals surface area contributed by atoms with Crippen molar-refractivity contribution in [2.75, 3.05) is 0 Å². The molecule has 0 aliphatic heterocycles. The third kappa shape index (κ3) is 1.45. The molecule has 0 aliphatic carbocycles. The van der Waals surface area contributed by atoms with Crippen LogP contribution in [0.25, 0.3) is 0 Å². The smallest absolute Gasteiger partial charge is 0.131 e. The van der Waals surface area contributed by atoms with Gasteiger partial charge in [-0.3, -0.25) is 0 Å². The highest BCUT2D eigenvalue weighted by Gasteiger charge is 1.71. The highest BCUT2D eigenvalue weighted by molar-refractivity contribution is 5.85. The summed E-state index contributed by atoms with van der Waals surface area (Å²) in [6.07, 6.45) is 4.25. The van der Waals surface area contributed by atoms with E-state index in [1.54, 1.807) is 0 Å². The Bertz CT molecular complexity index is 116. The fourth-order valence-electron chi connectivity index (χ4n) is 0.252. The highest BCUT2D eigenvalue weighted by Crippen LogP contribution is 1.72. The largest absolute Gasteiger partial charge is 0.427 e. The maximum absolute atomic E-state index is 8.33. The normalized spacial score (nSPS) is 7.43. The number of aromatic nitrogens is 2. The third-order valence-corrected chi connectivity index (χ3v) is 0.490. The summed E-state index contributed by atoms with van der Waals surface area (Å²) in [6.45, 7) is 0. The van der Waals surface area contributed by atoms with Crippen molar-refractivity contribution in [1.29, 1.82) is 0 Å². The molecule has 0 aromatic carbocycles. The zero-order valence-corrected chi connectivity index (χ0v) is 4.30. The van der Waals surface area contributed by atoms with Crippen molar-refractivity contribution in [3.63, 3.8) is 0 Å². The van der Waals surface area contributed by atoms with Gasteiger partial charge in [0.25, 0.3) is 0 Å². The second kappa shape index (κ2) is 2.47. The van der Waals surface area contributed by atoms with Gasteiger partial charge in [-0.25, -0.2) is 4.98 Å². The van der Waals surface area contributed by atoms with Gasteiger partial charge >= 0.3 is 0 Å². The fraction of sp³-hybridized carbons (Fsp3) is 0. The second-order valence-corrected chi connectivity index (χ2v) is 0.943. The Morgan fingerprint density at radius 1 is 1.57 bits per heavy atom. The summed E-state index contributed by atoms with van der Waals surface area (Å²) >= 11 is 0. The first-order chi connectivity index (χ1) is 2.89. The van der Waals surface area contributed by atoms with Crippen molar-refractivity contribution in [2.24, 2.45) is 0 Å². The Labute approximate surface area is 47.0 Å². The van der Waals surface area contributed by atoms with Gasteiger partial charge in [-0.05, 0) is 0 Å². The summed E-state index contributed by atoms with van der Waals surface area (Å²) in [5.41, 5.74) is 0. The van der Waals surface area contributed by atoms with Crippen molar-refractivity contribution in [2.45, 2.75) is 0 Å². The zero-order chi connectivity index (χ0) is 4.41. The lowest BCUT2D eigenvalue weighted by molar-refractivity contribution is 0.186. The zero-order valence-electron chi connectivity index (χ0n) is 3.48. The molecule has 1 aromatic rings. The summed E-state index contributed by atoms with van der Waals surface area (Å²) in [4.78, 5) is 3.53. The van der Waals surface area contributed by atoms with E-state index < -0.39 is 0 Å². The minimum absolute atomic E-state index is 0. The fourth-order valence-corrected chi connectivity index (χ4v) is 0.252. The molecule has 0 spiro atoms. The number of nitrogens with zero attached hydrogens (tertiary/aromatic N) is 2. The SMILES string of the molecule is Cl.On1ccnc1. The molecule has 0 saturated carbocycles. The van der Waals surface area contributed by atoms with Crippen molar-refractivity contribution < 1.29 is 5.21 Å². The van der Waals surface area contributed by atoms with Crippen LogP contribution in [-0.4, -0.2) is 14.9 Å². The van der Waals surface area contributed by atoms with Gasteiger partial charge in [0.2, 0.25) is 0 Å². The molecular formula is C3H5ClN2O. The Morgan fingerprint density at radius 2 is 2.29 bits per heavy atom. The van der Waals surface area contributed by atoms with E-state index in [0.717, 1.165) is 4.73 Å². The maximum Gasteiger partial charge on any atom is 0.131 e. The van der Waals surface area contributed by atoms with Gasteiger partial charge in [0.05, 0.1) is 6.20 Å². The molecule has 0 fully saturated rings. The molecule has 0 bridgehead atoms. The first kappa shape index (κ1) is 6.30. The van der Waals surface area contributed by atoms with Crippen LogP contribution in [0.15, 0.2) is 18.7 Å². The molecule has 0 unspecified atom stereocenters. The second-order valence-electron chi connectivity index (χ2n) is 0.943. The topological polar surface area (TPSA) is 38.0 Å². The number of imidazole rings is 1. The van der Waals surface area contributed by atoms with Crippen LogP contribution in [0.4, 0.5) is 0 Å². The molecule has 7 heavy (non-hydrogen) atoms. The predicted octanol–water partition coefficient (Wildman–Crippen LogP) is 0.542. The summed E-state index contributed by atoms with van der Waals surface area (Å²) in [5.74, 6) is 0. The van der Waals surface area contributed by atoms with Gasteiger partial charge < -0.3 is 5.21 Å². The molecule has 0 radical (unpaired) electrons. The Morgan fingerprint density at radius 3 is 2.43 bits per heavy atom. The standard InChI is InChI=1S/C3H4N2O.ClH/c6-5-2-1-4-3-5;/h1-3,6H;1H. The van der Waals surface area contributed by atoms with Crippen LogP contribution in [0, 0.1) is 0 Å². The number of hydrogen-bond acceptors (Lipinski definition) is 2. The lowest BCUT2D eigenvalue weighted by Gasteiger charge is -1.77. The van der Waals surface area contributed by atoms with Crippen LogP contribution in [0.3, 0.4) is 0 Å². The van der Waals surface area contributed by atoms with Gasteiger partial charge in [-0.1, -0.05) is 0 Å². The molecule has 1 aromatic heterocycles. The first-order valence-electron chi connectivity index (χ1n) is 1.57. The van der Waals surface area contributed by atoms with E-state index in [1.807, 2.05) is 0 Å². The van der Waals surface area contributed by atoms with Crippen molar-refractivity contribution in [3.8, 4) is 0 Å². The minimum atomic E-state index is 0. The summed E-state index contributed by atoms with van der Waals surface area (Å²) < 4.78 is 0.889. The predicted molar refractivity (Wildman–Crippen MR) is 26.7 cm³/mol. The first-order valence-corrected chi connectivity index (χ1v) is 1.57. The van der Waals surface area contributed by atoms with Gasteiger partial charge in [-0.2, -0.15) is 4.73 Å². The number of halogens is 1. The van der Waals surface area contributed by atoms with Crippen molar-refractivity contribution in [3.05, 3.63) is 18.7 Å². The third-order valence-electron chi connectivity index (χ3n) is 0.490. The summed E-state index contributed by atoms with van der Waals surface area (Å²) in [5, 5.41) is 8.33. The molecule has 4 heteroatoms. The van der Waals surface area contributed by atoms with Crippen molar-refractivity contribution in [1.82, 2.24) is 9.71 Å². The van der Waals surface area contributed by atoms with Gasteiger partial charge in [0, 0.05) is 6.20 Å². The monoisotopic (exact) mass is 120 g/mol. The van der Waals surface area contributed by atoms with Gasteiger partial charge in [0.15, 0.2) is 0 Å². The molecule has 1 heterocycles. The minimum Gasteiger partial charge on any atom is -0.427 e. The Hall–Kier alpha value is -0.700. The Kier molecular flexibility index (Phi) is 2.22. The van der Waals surface area contributed by atoms with E-state index in [-0.39, 0.29) is 12.4 Å². The molecule has 0 aliphatic rings. The molecule has 3 nitrogen and oxygen atoms in total. The summed E-state index contributed by atoms with van der Waals surface area (Å²) in [6, 6.07) is 0. The van der Waals surface area contributed by atoms with Crippen LogP contribution in [0.2, 0.25) is 0 Å². The lowest BCUT2D eigenvalue weighted by atomic mass is 11.0. The van der Waals surface area contributed by atoms with Crippen LogP contribution >= 0.6 is 12.4 Å². The average Bonchev–Trinajstić information content (AvgIpc) is 1.86. The molecule has 1 N–H and O–H groups in total. The van der Waals surface area contributed by atoms with E-state index in [1.165, 1.54) is 18.7 Å². The maximum atomic E-state index is 8.33. The van der Waals surface area contributed by atoms with Crippen LogP contribution in [-0.2, 0) is 0 Å². The molecule has 40 valence electrons. The summed E-state index contributed by atoms with van der Waals surface area (Å²) in [7, 11) is 0. The molecular weight excluding hydrogens is 115 g/mol. The lowest BCUT2D eigenvalue weighted by Crippen LogP contribution is -1.79. The van der Waals surface area contributed by atoms with Gasteiger partial charge in [0.1, 0.15) is 6.33 Å². The van der Waals surface area contributed by atoms with E-state index in [4.69, 9.17) is 5.21 Å². The van der Waals surface area contributed by atoms with Crippen LogP contribution in [0.1, 0.15) is 0 Å². The highest BCUT2D eigenvalue weighted by atomic mass is 35.5. The number of hydrogen-bond donors (Lipinski definition) is 1. The van der Waals surface area contributed by atoms with Crippen molar-refractivity contribution >= 4 is 12.4 Å². The van der Waals surface area contributed by atoms with Crippen LogP contribution < -0.4 is 0 Å². The van der Waals surface area contributed by atoms with Gasteiger partial charge in [-0.15, -0.1) is 12.4 Å². The van der Waals surface area contributed by atoms with Crippen LogP contribution in [0.5, 0.6) is 0 Å². The molecule has 1 rings (SSSR count). The van der Waals surface area contributed by atoms with E-state index in [9.17, 15) is 0 Å². The molecule has 0 atom stereocenters. The van der Waals surface area contributed by atoms with E-state index in [2.05, 4.69) is 4.98 Å². The quantitative estimate of drug-likeness (QED) is 0.508. The van der Waals surface area contributed by atoms with E-state index in [0.29, 0.717) is 0 Å². The average molecular weight is 121 g/mol. The molecule has 0 amide bonds. The number of rotatable bonds is 0.